The highest BCUT2D eigenvalue weighted by molar-refractivity contribution is 7.90. The molecule has 1 aliphatic heterocycles. The van der Waals surface area contributed by atoms with Gasteiger partial charge in [0, 0.05) is 11.8 Å². The summed E-state index contributed by atoms with van der Waals surface area (Å²) in [4.78, 5) is 15.2. The van der Waals surface area contributed by atoms with Crippen molar-refractivity contribution >= 4 is 39.0 Å². The zero-order chi connectivity index (χ0) is 22.3. The van der Waals surface area contributed by atoms with Gasteiger partial charge in [0.25, 0.3) is 10.0 Å². The molecule has 0 unspecified atom stereocenters. The van der Waals surface area contributed by atoms with Crippen molar-refractivity contribution in [3.8, 4) is 11.3 Å². The molecule has 32 heavy (non-hydrogen) atoms. The first-order valence-corrected chi connectivity index (χ1v) is 10.8. The lowest BCUT2D eigenvalue weighted by molar-refractivity contribution is 0.0696. The topological polar surface area (TPSA) is 139 Å². The summed E-state index contributed by atoms with van der Waals surface area (Å²) < 4.78 is 27.5. The molecule has 0 fully saturated rings. The van der Waals surface area contributed by atoms with E-state index >= 15 is 0 Å². The Morgan fingerprint density at radius 2 is 1.78 bits per heavy atom. The maximum Gasteiger partial charge on any atom is 0.335 e. The second kappa shape index (κ2) is 7.39. The van der Waals surface area contributed by atoms with Gasteiger partial charge >= 0.3 is 5.97 Å². The van der Waals surface area contributed by atoms with Crippen molar-refractivity contribution < 1.29 is 18.3 Å². The summed E-state index contributed by atoms with van der Waals surface area (Å²) in [6.07, 6.45) is 1.57. The van der Waals surface area contributed by atoms with Gasteiger partial charge < -0.3 is 10.4 Å². The minimum absolute atomic E-state index is 0.0964. The number of hydrogen-bond acceptors (Lipinski definition) is 8. The van der Waals surface area contributed by atoms with E-state index in [1.165, 1.54) is 12.1 Å². The number of pyridine rings is 1. The Labute approximate surface area is 182 Å². The van der Waals surface area contributed by atoms with E-state index < -0.39 is 16.0 Å². The van der Waals surface area contributed by atoms with Crippen molar-refractivity contribution in [2.24, 2.45) is 10.2 Å². The molecule has 2 aromatic heterocycles. The number of benzene rings is 2. The van der Waals surface area contributed by atoms with Crippen LogP contribution in [-0.2, 0) is 10.0 Å². The highest BCUT2D eigenvalue weighted by atomic mass is 32.2. The number of hydrogen-bond donors (Lipinski definition) is 2. The molecule has 0 bridgehead atoms. The Kier molecular flexibility index (Phi) is 4.52. The van der Waals surface area contributed by atoms with Crippen molar-refractivity contribution in [1.29, 1.82) is 0 Å². The Hall–Kier alpha value is -4.38. The van der Waals surface area contributed by atoms with E-state index in [2.05, 4.69) is 25.6 Å². The number of nitrogens with one attached hydrogen (secondary N) is 1. The number of carbonyl (C=O) groups is 1. The third-order valence-corrected chi connectivity index (χ3v) is 6.38. The second-order valence-electron chi connectivity index (χ2n) is 6.79. The maximum atomic E-state index is 13.3. The SMILES string of the molecule is O=C(O)c1ccc2c(c1)S(=O)(=O)n1nc(-c3ccccc3)c(N=Nc3ccccn3)c1N2. The van der Waals surface area contributed by atoms with E-state index in [4.69, 9.17) is 0 Å². The van der Waals surface area contributed by atoms with Crippen LogP contribution < -0.4 is 5.32 Å². The van der Waals surface area contributed by atoms with Gasteiger partial charge in [0.05, 0.1) is 11.3 Å². The summed E-state index contributed by atoms with van der Waals surface area (Å²) >= 11 is 0. The highest BCUT2D eigenvalue weighted by Crippen LogP contribution is 2.44. The Balaban J connectivity index is 1.72. The molecule has 0 atom stereocenters. The molecule has 10 nitrogen and oxygen atoms in total. The summed E-state index contributed by atoms with van der Waals surface area (Å²) in [5.74, 6) is -0.792. The summed E-state index contributed by atoms with van der Waals surface area (Å²) in [5, 5.41) is 25.0. The summed E-state index contributed by atoms with van der Waals surface area (Å²) in [6.45, 7) is 0. The zero-order valence-electron chi connectivity index (χ0n) is 16.2. The van der Waals surface area contributed by atoms with Gasteiger partial charge in [0.1, 0.15) is 10.6 Å². The van der Waals surface area contributed by atoms with Gasteiger partial charge in [-0.25, -0.2) is 9.78 Å². The molecule has 5 rings (SSSR count). The number of carboxylic acids is 1. The van der Waals surface area contributed by atoms with E-state index in [9.17, 15) is 18.3 Å². The molecule has 11 heteroatoms. The van der Waals surface area contributed by atoms with Crippen LogP contribution in [0.2, 0.25) is 0 Å². The van der Waals surface area contributed by atoms with Crippen LogP contribution in [-0.4, -0.2) is 33.7 Å². The molecule has 2 aromatic carbocycles. The lowest BCUT2D eigenvalue weighted by Crippen LogP contribution is -2.23. The van der Waals surface area contributed by atoms with Gasteiger partial charge in [-0.3, -0.25) is 0 Å². The fourth-order valence-electron chi connectivity index (χ4n) is 3.26. The van der Waals surface area contributed by atoms with Crippen molar-refractivity contribution in [2.75, 3.05) is 5.32 Å². The first kappa shape index (κ1) is 19.6. The van der Waals surface area contributed by atoms with Gasteiger partial charge in [0.2, 0.25) is 0 Å². The molecule has 0 saturated heterocycles. The first-order chi connectivity index (χ1) is 15.4. The van der Waals surface area contributed by atoms with Crippen LogP contribution in [0.4, 0.5) is 23.0 Å². The van der Waals surface area contributed by atoms with Crippen LogP contribution in [0, 0.1) is 0 Å². The number of nitrogens with zero attached hydrogens (tertiary/aromatic N) is 5. The summed E-state index contributed by atoms with van der Waals surface area (Å²) in [6, 6.07) is 17.9. The quantitative estimate of drug-likeness (QED) is 0.391. The average molecular weight is 446 g/mol. The predicted octanol–water partition coefficient (Wildman–Crippen LogP) is 4.35. The number of aromatic carboxylic acids is 1. The minimum Gasteiger partial charge on any atom is -0.478 e. The smallest absolute Gasteiger partial charge is 0.335 e. The van der Waals surface area contributed by atoms with E-state index in [1.807, 2.05) is 6.07 Å². The molecular formula is C21H14N6O4S. The highest BCUT2D eigenvalue weighted by Gasteiger charge is 2.35. The van der Waals surface area contributed by atoms with E-state index in [-0.39, 0.29) is 27.7 Å². The lowest BCUT2D eigenvalue weighted by Gasteiger charge is -2.20. The van der Waals surface area contributed by atoms with E-state index in [0.717, 1.165) is 10.2 Å². The number of anilines is 2. The summed E-state index contributed by atoms with van der Waals surface area (Å²) in [5.41, 5.74) is 1.21. The molecule has 4 aromatic rings. The fourth-order valence-corrected chi connectivity index (χ4v) is 4.68. The predicted molar refractivity (Wildman–Crippen MR) is 115 cm³/mol. The number of aromatic nitrogens is 3. The van der Waals surface area contributed by atoms with Gasteiger partial charge in [-0.15, -0.1) is 14.3 Å². The molecular weight excluding hydrogens is 432 g/mol. The third-order valence-electron chi connectivity index (χ3n) is 4.77. The Morgan fingerprint density at radius 1 is 1.00 bits per heavy atom. The third kappa shape index (κ3) is 3.20. The fraction of sp³-hybridized carbons (Fsp3) is 0. The van der Waals surface area contributed by atoms with Crippen LogP contribution in [0.3, 0.4) is 0 Å². The largest absolute Gasteiger partial charge is 0.478 e. The first-order valence-electron chi connectivity index (χ1n) is 9.36. The number of carboxylic acid groups (broad SMARTS) is 1. The monoisotopic (exact) mass is 446 g/mol. The summed E-state index contributed by atoms with van der Waals surface area (Å²) in [7, 11) is -4.19. The standard InChI is InChI=1S/C21H14N6O4S/c28-21(29)14-9-10-15-16(12-14)32(30,31)27-20(23-15)19(25-24-17-8-4-5-11-22-17)18(26-27)13-6-2-1-3-7-13/h1-12,23H,(H,28,29). The van der Waals surface area contributed by atoms with E-state index in [1.54, 1.807) is 48.7 Å². The second-order valence-corrected chi connectivity index (χ2v) is 8.52. The normalized spacial score (nSPS) is 13.9. The van der Waals surface area contributed by atoms with Crippen molar-refractivity contribution in [3.63, 3.8) is 0 Å². The van der Waals surface area contributed by atoms with Crippen LogP contribution in [0.25, 0.3) is 11.3 Å². The average Bonchev–Trinajstić information content (AvgIpc) is 3.18. The molecule has 158 valence electrons. The molecule has 1 aliphatic rings. The van der Waals surface area contributed by atoms with Gasteiger partial charge in [-0.2, -0.15) is 13.5 Å². The molecule has 2 N–H and O–H groups in total. The van der Waals surface area contributed by atoms with Crippen LogP contribution >= 0.6 is 0 Å². The van der Waals surface area contributed by atoms with Gasteiger partial charge in [-0.1, -0.05) is 36.4 Å². The lowest BCUT2D eigenvalue weighted by atomic mass is 10.1. The number of rotatable bonds is 4. The van der Waals surface area contributed by atoms with Crippen LogP contribution in [0.5, 0.6) is 0 Å². The van der Waals surface area contributed by atoms with Crippen molar-refractivity contribution in [2.45, 2.75) is 4.90 Å². The van der Waals surface area contributed by atoms with Gasteiger partial charge in [0.15, 0.2) is 17.3 Å². The van der Waals surface area contributed by atoms with Crippen LogP contribution in [0.1, 0.15) is 10.4 Å². The van der Waals surface area contributed by atoms with Gasteiger partial charge in [-0.05, 0) is 30.3 Å². The van der Waals surface area contributed by atoms with E-state index in [0.29, 0.717) is 17.1 Å². The molecule has 0 radical (unpaired) electrons. The molecule has 0 amide bonds. The van der Waals surface area contributed by atoms with Crippen LogP contribution in [0.15, 0.2) is 88.1 Å². The molecule has 0 aliphatic carbocycles. The number of fused-ring (bicyclic) bond motifs is 2. The Morgan fingerprint density at radius 3 is 2.50 bits per heavy atom. The Bertz CT molecular complexity index is 1480. The molecule has 0 spiro atoms. The van der Waals surface area contributed by atoms with Crippen molar-refractivity contribution in [1.82, 2.24) is 14.2 Å². The minimum atomic E-state index is -4.19. The van der Waals surface area contributed by atoms with Crippen molar-refractivity contribution in [3.05, 3.63) is 78.5 Å². The molecule has 0 saturated carbocycles. The molecule has 3 heterocycles. The zero-order valence-corrected chi connectivity index (χ0v) is 17.1. The number of azo groups is 1. The maximum absolute atomic E-state index is 13.3.